The van der Waals surface area contributed by atoms with Gasteiger partial charge < -0.3 is 4.90 Å². The number of carbonyl (C=O) groups excluding carboxylic acids is 2. The Morgan fingerprint density at radius 2 is 1.59 bits per heavy atom. The van der Waals surface area contributed by atoms with Crippen LogP contribution in [-0.2, 0) is 6.54 Å². The summed E-state index contributed by atoms with van der Waals surface area (Å²) in [5.41, 5.74) is 2.02. The summed E-state index contributed by atoms with van der Waals surface area (Å²) >= 11 is 11.7. The van der Waals surface area contributed by atoms with Gasteiger partial charge in [0.1, 0.15) is 5.15 Å². The van der Waals surface area contributed by atoms with E-state index < -0.39 is 0 Å². The van der Waals surface area contributed by atoms with Gasteiger partial charge in [0.05, 0.1) is 5.56 Å². The van der Waals surface area contributed by atoms with Crippen LogP contribution in [0.25, 0.3) is 0 Å². The van der Waals surface area contributed by atoms with E-state index in [1.165, 1.54) is 0 Å². The van der Waals surface area contributed by atoms with E-state index in [0.717, 1.165) is 5.56 Å². The zero-order valence-electron chi connectivity index (χ0n) is 14.5. The molecule has 0 spiro atoms. The first-order chi connectivity index (χ1) is 13.0. The van der Waals surface area contributed by atoms with Gasteiger partial charge in [0, 0.05) is 35.9 Å². The highest BCUT2D eigenvalue weighted by Gasteiger charge is 2.20. The summed E-state index contributed by atoms with van der Waals surface area (Å²) in [6.45, 7) is 0.354. The number of halogens is 2. The maximum atomic E-state index is 12.9. The van der Waals surface area contributed by atoms with Gasteiger partial charge in [0.2, 0.25) is 0 Å². The average Bonchev–Trinajstić information content (AvgIpc) is 2.69. The SMILES string of the molecule is CN(Cc1ccc(Cl)nc1)C(=O)c1ccccc1C(=O)c1ccc(Cl)cc1. The molecule has 3 rings (SSSR count). The number of rotatable bonds is 5. The Labute approximate surface area is 167 Å². The van der Waals surface area contributed by atoms with Gasteiger partial charge >= 0.3 is 0 Å². The molecule has 1 aromatic heterocycles. The second kappa shape index (κ2) is 8.33. The van der Waals surface area contributed by atoms with Gasteiger partial charge in [-0.05, 0) is 42.0 Å². The third kappa shape index (κ3) is 4.54. The first-order valence-electron chi connectivity index (χ1n) is 8.21. The van der Waals surface area contributed by atoms with Crippen molar-refractivity contribution in [3.63, 3.8) is 0 Å². The summed E-state index contributed by atoms with van der Waals surface area (Å²) in [5, 5.41) is 0.943. The molecule has 6 heteroatoms. The van der Waals surface area contributed by atoms with Crippen molar-refractivity contribution in [2.75, 3.05) is 7.05 Å². The molecule has 0 aliphatic rings. The Morgan fingerprint density at radius 1 is 0.926 bits per heavy atom. The quantitative estimate of drug-likeness (QED) is 0.453. The van der Waals surface area contributed by atoms with Crippen LogP contribution in [0, 0.1) is 0 Å². The van der Waals surface area contributed by atoms with Crippen molar-refractivity contribution in [1.29, 1.82) is 0 Å². The zero-order chi connectivity index (χ0) is 19.4. The molecule has 1 heterocycles. The molecule has 0 radical (unpaired) electrons. The van der Waals surface area contributed by atoms with E-state index in [1.54, 1.807) is 72.7 Å². The minimum Gasteiger partial charge on any atom is -0.337 e. The molecule has 27 heavy (non-hydrogen) atoms. The minimum atomic E-state index is -0.247. The van der Waals surface area contributed by atoms with Crippen molar-refractivity contribution in [1.82, 2.24) is 9.88 Å². The van der Waals surface area contributed by atoms with E-state index in [-0.39, 0.29) is 11.7 Å². The summed E-state index contributed by atoms with van der Waals surface area (Å²) in [7, 11) is 1.68. The standard InChI is InChI=1S/C21H16Cl2N2O2/c1-25(13-14-6-11-19(23)24-12-14)21(27)18-5-3-2-4-17(18)20(26)15-7-9-16(22)10-8-15/h2-12H,13H2,1H3. The molecule has 0 bridgehead atoms. The summed E-state index contributed by atoms with van der Waals surface area (Å²) in [6.07, 6.45) is 1.62. The third-order valence-corrected chi connectivity index (χ3v) is 4.54. The highest BCUT2D eigenvalue weighted by molar-refractivity contribution is 6.30. The second-order valence-corrected chi connectivity index (χ2v) is 6.86. The molecule has 0 aliphatic heterocycles. The van der Waals surface area contributed by atoms with E-state index in [1.807, 2.05) is 6.07 Å². The number of benzene rings is 2. The van der Waals surface area contributed by atoms with Crippen LogP contribution in [0.2, 0.25) is 10.2 Å². The van der Waals surface area contributed by atoms with E-state index in [4.69, 9.17) is 23.2 Å². The van der Waals surface area contributed by atoms with Crippen LogP contribution >= 0.6 is 23.2 Å². The van der Waals surface area contributed by atoms with Gasteiger partial charge in [-0.3, -0.25) is 9.59 Å². The number of amides is 1. The van der Waals surface area contributed by atoms with Gasteiger partial charge in [0.25, 0.3) is 5.91 Å². The number of nitrogens with zero attached hydrogens (tertiary/aromatic N) is 2. The van der Waals surface area contributed by atoms with E-state index in [2.05, 4.69) is 4.98 Å². The number of pyridine rings is 1. The van der Waals surface area contributed by atoms with Crippen LogP contribution in [0.5, 0.6) is 0 Å². The molecule has 0 N–H and O–H groups in total. The largest absolute Gasteiger partial charge is 0.337 e. The monoisotopic (exact) mass is 398 g/mol. The first-order valence-corrected chi connectivity index (χ1v) is 8.96. The predicted molar refractivity (Wildman–Crippen MR) is 106 cm³/mol. The third-order valence-electron chi connectivity index (χ3n) is 4.06. The average molecular weight is 399 g/mol. The van der Waals surface area contributed by atoms with Gasteiger partial charge in [-0.25, -0.2) is 4.98 Å². The molecular formula is C21H16Cl2N2O2. The molecule has 0 unspecified atom stereocenters. The molecule has 0 saturated carbocycles. The van der Waals surface area contributed by atoms with Crippen LogP contribution in [0.15, 0.2) is 66.9 Å². The number of hydrogen-bond donors (Lipinski definition) is 0. The molecule has 1 amide bonds. The van der Waals surface area contributed by atoms with Crippen molar-refractivity contribution in [2.45, 2.75) is 6.54 Å². The van der Waals surface area contributed by atoms with Crippen molar-refractivity contribution in [3.8, 4) is 0 Å². The lowest BCUT2D eigenvalue weighted by molar-refractivity contribution is 0.0780. The van der Waals surface area contributed by atoms with Crippen LogP contribution in [0.1, 0.15) is 31.8 Å². The molecular weight excluding hydrogens is 383 g/mol. The predicted octanol–water partition coefficient (Wildman–Crippen LogP) is 4.89. The summed E-state index contributed by atoms with van der Waals surface area (Å²) in [4.78, 5) is 31.4. The highest BCUT2D eigenvalue weighted by Crippen LogP contribution is 2.19. The van der Waals surface area contributed by atoms with Crippen LogP contribution in [0.4, 0.5) is 0 Å². The number of aromatic nitrogens is 1. The topological polar surface area (TPSA) is 50.3 Å². The molecule has 3 aromatic rings. The molecule has 2 aromatic carbocycles. The van der Waals surface area contributed by atoms with Gasteiger partial charge in [-0.15, -0.1) is 0 Å². The van der Waals surface area contributed by atoms with Crippen molar-refractivity contribution in [3.05, 3.63) is 99.3 Å². The Balaban J connectivity index is 1.85. The minimum absolute atomic E-state index is 0.225. The lowest BCUT2D eigenvalue weighted by Crippen LogP contribution is -2.28. The summed E-state index contributed by atoms with van der Waals surface area (Å²) in [5.74, 6) is -0.472. The number of carbonyl (C=O) groups is 2. The van der Waals surface area contributed by atoms with Crippen LogP contribution in [0.3, 0.4) is 0 Å². The van der Waals surface area contributed by atoms with E-state index >= 15 is 0 Å². The summed E-state index contributed by atoms with van der Waals surface area (Å²) < 4.78 is 0. The van der Waals surface area contributed by atoms with Gasteiger partial charge in [-0.2, -0.15) is 0 Å². The molecule has 0 aliphatic carbocycles. The van der Waals surface area contributed by atoms with E-state index in [9.17, 15) is 9.59 Å². The Bertz CT molecular complexity index is 970. The second-order valence-electron chi connectivity index (χ2n) is 6.03. The number of hydrogen-bond acceptors (Lipinski definition) is 3. The Hall–Kier alpha value is -2.69. The van der Waals surface area contributed by atoms with Crippen LogP contribution in [-0.4, -0.2) is 28.6 Å². The highest BCUT2D eigenvalue weighted by atomic mass is 35.5. The van der Waals surface area contributed by atoms with E-state index in [0.29, 0.717) is 33.4 Å². The smallest absolute Gasteiger partial charge is 0.254 e. The molecule has 4 nitrogen and oxygen atoms in total. The lowest BCUT2D eigenvalue weighted by Gasteiger charge is -2.19. The molecule has 0 fully saturated rings. The van der Waals surface area contributed by atoms with Crippen molar-refractivity contribution in [2.24, 2.45) is 0 Å². The number of ketones is 1. The fourth-order valence-electron chi connectivity index (χ4n) is 2.68. The Morgan fingerprint density at radius 3 is 2.22 bits per heavy atom. The maximum absolute atomic E-state index is 12.9. The first kappa shape index (κ1) is 19.1. The lowest BCUT2D eigenvalue weighted by atomic mass is 9.97. The molecule has 0 atom stereocenters. The summed E-state index contributed by atoms with van der Waals surface area (Å²) in [6, 6.07) is 16.9. The maximum Gasteiger partial charge on any atom is 0.254 e. The van der Waals surface area contributed by atoms with Crippen molar-refractivity contribution < 1.29 is 9.59 Å². The van der Waals surface area contributed by atoms with Gasteiger partial charge in [-0.1, -0.05) is 47.5 Å². The zero-order valence-corrected chi connectivity index (χ0v) is 16.0. The fraction of sp³-hybridized carbons (Fsp3) is 0.0952. The molecule has 136 valence electrons. The van der Waals surface area contributed by atoms with Crippen LogP contribution < -0.4 is 0 Å². The normalized spacial score (nSPS) is 10.5. The van der Waals surface area contributed by atoms with Crippen molar-refractivity contribution >= 4 is 34.9 Å². The fourth-order valence-corrected chi connectivity index (χ4v) is 2.91. The Kier molecular flexibility index (Phi) is 5.89. The molecule has 0 saturated heterocycles. The van der Waals surface area contributed by atoms with Gasteiger partial charge in [0.15, 0.2) is 5.78 Å².